The number of fused-ring (bicyclic) bond motifs is 1. The van der Waals surface area contributed by atoms with E-state index in [4.69, 9.17) is 4.74 Å². The number of ether oxygens (including phenoxy) is 1. The van der Waals surface area contributed by atoms with Gasteiger partial charge in [-0.3, -0.25) is 9.59 Å². The van der Waals surface area contributed by atoms with E-state index in [9.17, 15) is 18.8 Å². The molecule has 0 saturated carbocycles. The van der Waals surface area contributed by atoms with Crippen molar-refractivity contribution < 1.29 is 18.7 Å². The number of benzene rings is 2. The van der Waals surface area contributed by atoms with Crippen molar-refractivity contribution in [3.63, 3.8) is 0 Å². The molecule has 1 amide bonds. The highest BCUT2D eigenvalue weighted by Gasteiger charge is 2.18. The normalized spacial score (nSPS) is 10.6. The van der Waals surface area contributed by atoms with Crippen molar-refractivity contribution in [3.05, 3.63) is 76.0 Å². The molecule has 0 unspecified atom stereocenters. The number of nitrogens with zero attached hydrogens (tertiary/aromatic N) is 2. The lowest BCUT2D eigenvalue weighted by Gasteiger charge is -2.17. The molecule has 0 radical (unpaired) electrons. The molecule has 1 heterocycles. The zero-order valence-corrected chi connectivity index (χ0v) is 14.4. The monoisotopic (exact) mass is 369 g/mol. The number of hydrogen-bond donors (Lipinski definition) is 1. The van der Waals surface area contributed by atoms with E-state index in [1.54, 1.807) is 43.4 Å². The van der Waals surface area contributed by atoms with Gasteiger partial charge in [-0.05, 0) is 23.8 Å². The first-order valence-electron chi connectivity index (χ1n) is 8.08. The summed E-state index contributed by atoms with van der Waals surface area (Å²) >= 11 is 0. The number of hydrogen-bond acceptors (Lipinski definition) is 5. The van der Waals surface area contributed by atoms with Crippen molar-refractivity contribution in [3.8, 4) is 0 Å². The summed E-state index contributed by atoms with van der Waals surface area (Å²) in [5.74, 6) is -1.60. The fourth-order valence-electron chi connectivity index (χ4n) is 2.53. The van der Waals surface area contributed by atoms with E-state index in [2.05, 4.69) is 10.2 Å². The van der Waals surface area contributed by atoms with Crippen LogP contribution in [0.4, 0.5) is 4.39 Å². The largest absolute Gasteiger partial charge is 0.451 e. The van der Waals surface area contributed by atoms with Gasteiger partial charge in [0.05, 0.1) is 5.39 Å². The highest BCUT2D eigenvalue weighted by Crippen LogP contribution is 2.13. The molecule has 3 rings (SSSR count). The number of carbonyl (C=O) groups excluding carboxylic acids is 2. The summed E-state index contributed by atoms with van der Waals surface area (Å²) in [7, 11) is 1.55. The summed E-state index contributed by atoms with van der Waals surface area (Å²) in [5.41, 5.74) is 0.253. The summed E-state index contributed by atoms with van der Waals surface area (Å²) in [6, 6.07) is 12.2. The number of H-pyrrole nitrogens is 1. The minimum atomic E-state index is -0.814. The van der Waals surface area contributed by atoms with E-state index in [0.717, 1.165) is 5.56 Å². The van der Waals surface area contributed by atoms with E-state index in [-0.39, 0.29) is 18.1 Å². The minimum Gasteiger partial charge on any atom is -0.451 e. The van der Waals surface area contributed by atoms with Gasteiger partial charge in [0.2, 0.25) is 0 Å². The molecule has 0 fully saturated rings. The van der Waals surface area contributed by atoms with Gasteiger partial charge in [-0.25, -0.2) is 14.3 Å². The Morgan fingerprint density at radius 2 is 1.78 bits per heavy atom. The van der Waals surface area contributed by atoms with Crippen LogP contribution in [0.25, 0.3) is 10.8 Å². The summed E-state index contributed by atoms with van der Waals surface area (Å²) in [4.78, 5) is 37.5. The van der Waals surface area contributed by atoms with Gasteiger partial charge >= 0.3 is 5.97 Å². The molecular weight excluding hydrogens is 353 g/mol. The van der Waals surface area contributed by atoms with Crippen molar-refractivity contribution in [2.75, 3.05) is 13.7 Å². The second-order valence-corrected chi connectivity index (χ2v) is 5.90. The maximum absolute atomic E-state index is 12.9. The van der Waals surface area contributed by atoms with Gasteiger partial charge in [-0.15, -0.1) is 0 Å². The van der Waals surface area contributed by atoms with Crippen LogP contribution in [0.15, 0.2) is 53.3 Å². The molecule has 27 heavy (non-hydrogen) atoms. The number of rotatable bonds is 5. The topological polar surface area (TPSA) is 92.4 Å². The quantitative estimate of drug-likeness (QED) is 0.693. The molecule has 0 spiro atoms. The van der Waals surface area contributed by atoms with Gasteiger partial charge in [-0.2, -0.15) is 5.10 Å². The molecule has 1 N–H and O–H groups in total. The molecule has 0 atom stereocenters. The SMILES string of the molecule is CN(Cc1ccc(F)cc1)C(=O)COC(=O)c1n[nH]c(=O)c2ccccc12. The average molecular weight is 369 g/mol. The molecule has 8 heteroatoms. The molecular formula is C19H16FN3O4. The lowest BCUT2D eigenvalue weighted by molar-refractivity contribution is -0.133. The zero-order valence-electron chi connectivity index (χ0n) is 14.4. The summed E-state index contributed by atoms with van der Waals surface area (Å²) in [5, 5.41) is 6.62. The van der Waals surface area contributed by atoms with Crippen LogP contribution in [-0.4, -0.2) is 40.6 Å². The third-order valence-electron chi connectivity index (χ3n) is 3.97. The molecule has 0 bridgehead atoms. The standard InChI is InChI=1S/C19H16FN3O4/c1-23(10-12-6-8-13(20)9-7-12)16(24)11-27-19(26)17-14-4-2-3-5-15(14)18(25)22-21-17/h2-9H,10-11H2,1H3,(H,22,25). The Bertz CT molecular complexity index is 1050. The molecule has 138 valence electrons. The van der Waals surface area contributed by atoms with Crippen LogP contribution >= 0.6 is 0 Å². The molecule has 3 aromatic rings. The Balaban J connectivity index is 1.65. The van der Waals surface area contributed by atoms with Crippen LogP contribution in [0.3, 0.4) is 0 Å². The maximum Gasteiger partial charge on any atom is 0.359 e. The Morgan fingerprint density at radius 3 is 2.48 bits per heavy atom. The minimum absolute atomic E-state index is 0.0702. The van der Waals surface area contributed by atoms with Gasteiger partial charge < -0.3 is 9.64 Å². The fraction of sp³-hybridized carbons (Fsp3) is 0.158. The van der Waals surface area contributed by atoms with Crippen molar-refractivity contribution in [2.45, 2.75) is 6.54 Å². The van der Waals surface area contributed by atoms with E-state index in [1.807, 2.05) is 0 Å². The van der Waals surface area contributed by atoms with Crippen molar-refractivity contribution in [1.29, 1.82) is 0 Å². The van der Waals surface area contributed by atoms with Crippen molar-refractivity contribution in [2.24, 2.45) is 0 Å². The number of amides is 1. The maximum atomic E-state index is 12.9. The smallest absolute Gasteiger partial charge is 0.359 e. The summed E-state index contributed by atoms with van der Waals surface area (Å²) in [6.45, 7) is -0.234. The first-order chi connectivity index (χ1) is 13.0. The number of halogens is 1. The Kier molecular flexibility index (Phi) is 5.25. The van der Waals surface area contributed by atoms with Crippen LogP contribution < -0.4 is 5.56 Å². The summed E-state index contributed by atoms with van der Waals surface area (Å²) in [6.07, 6.45) is 0. The Labute approximate surface area is 153 Å². The average Bonchev–Trinajstić information content (AvgIpc) is 2.68. The lowest BCUT2D eigenvalue weighted by atomic mass is 10.1. The zero-order chi connectivity index (χ0) is 19.4. The third kappa shape index (κ3) is 4.17. The molecule has 0 aliphatic carbocycles. The number of aromatic amines is 1. The molecule has 1 aromatic heterocycles. The number of carbonyl (C=O) groups is 2. The number of likely N-dealkylation sites (N-methyl/N-ethyl adjacent to an activating group) is 1. The molecule has 7 nitrogen and oxygen atoms in total. The molecule has 0 aliphatic heterocycles. The Morgan fingerprint density at radius 1 is 1.11 bits per heavy atom. The number of aromatic nitrogens is 2. The van der Waals surface area contributed by atoms with E-state index >= 15 is 0 Å². The van der Waals surface area contributed by atoms with Crippen molar-refractivity contribution in [1.82, 2.24) is 15.1 Å². The first kappa shape index (κ1) is 18.2. The highest BCUT2D eigenvalue weighted by atomic mass is 19.1. The second-order valence-electron chi connectivity index (χ2n) is 5.90. The highest BCUT2D eigenvalue weighted by molar-refractivity contribution is 6.02. The van der Waals surface area contributed by atoms with Crippen LogP contribution in [0.5, 0.6) is 0 Å². The predicted octanol–water partition coefficient (Wildman–Crippen LogP) is 1.88. The van der Waals surface area contributed by atoms with Gasteiger partial charge in [0.1, 0.15) is 5.82 Å². The van der Waals surface area contributed by atoms with E-state index in [1.165, 1.54) is 17.0 Å². The summed E-state index contributed by atoms with van der Waals surface area (Å²) < 4.78 is 18.0. The van der Waals surface area contributed by atoms with Gasteiger partial charge in [0.25, 0.3) is 11.5 Å². The van der Waals surface area contributed by atoms with Gasteiger partial charge in [0, 0.05) is 19.0 Å². The van der Waals surface area contributed by atoms with Crippen LogP contribution in [0, 0.1) is 5.82 Å². The van der Waals surface area contributed by atoms with Crippen molar-refractivity contribution >= 4 is 22.6 Å². The lowest BCUT2D eigenvalue weighted by Crippen LogP contribution is -2.31. The van der Waals surface area contributed by atoms with Gasteiger partial charge in [-0.1, -0.05) is 30.3 Å². The number of esters is 1. The van der Waals surface area contributed by atoms with Gasteiger partial charge in [0.15, 0.2) is 12.3 Å². The molecule has 2 aromatic carbocycles. The molecule has 0 aliphatic rings. The van der Waals surface area contributed by atoms with Crippen LogP contribution in [0.2, 0.25) is 0 Å². The fourth-order valence-corrected chi connectivity index (χ4v) is 2.53. The van der Waals surface area contributed by atoms with Crippen LogP contribution in [0.1, 0.15) is 16.1 Å². The van der Waals surface area contributed by atoms with E-state index < -0.39 is 24.0 Å². The van der Waals surface area contributed by atoms with Crippen LogP contribution in [-0.2, 0) is 16.1 Å². The third-order valence-corrected chi connectivity index (χ3v) is 3.97. The first-order valence-corrected chi connectivity index (χ1v) is 8.08. The predicted molar refractivity (Wildman–Crippen MR) is 95.5 cm³/mol. The second kappa shape index (κ2) is 7.77. The number of nitrogens with one attached hydrogen (secondary N) is 1. The van der Waals surface area contributed by atoms with E-state index in [0.29, 0.717) is 10.8 Å². The Hall–Kier alpha value is -3.55. The molecule has 0 saturated heterocycles.